The highest BCUT2D eigenvalue weighted by atomic mass is 15.3. The van der Waals surface area contributed by atoms with E-state index in [-0.39, 0.29) is 0 Å². The fourth-order valence-corrected chi connectivity index (χ4v) is 3.38. The third-order valence-electron chi connectivity index (χ3n) is 4.51. The quantitative estimate of drug-likeness (QED) is 0.935. The van der Waals surface area contributed by atoms with Crippen LogP contribution in [-0.2, 0) is 0 Å². The van der Waals surface area contributed by atoms with Crippen molar-refractivity contribution in [1.82, 2.24) is 19.7 Å². The normalized spacial score (nSPS) is 26.1. The molecular formula is C16H21N5. The van der Waals surface area contributed by atoms with E-state index in [4.69, 9.17) is 0 Å². The van der Waals surface area contributed by atoms with Crippen LogP contribution in [0.1, 0.15) is 26.2 Å². The molecule has 1 aliphatic heterocycles. The standard InChI is InChI=1S/C16H21N5/c1-12-10-13(11-20(12)14-5-6-14)19-15-4-2-7-17-16(15)21-9-3-8-18-21/h2-4,7-9,12-14,19H,5-6,10-11H2,1H3. The summed E-state index contributed by atoms with van der Waals surface area (Å²) < 4.78 is 1.82. The summed E-state index contributed by atoms with van der Waals surface area (Å²) >= 11 is 0. The number of hydrogen-bond donors (Lipinski definition) is 1. The monoisotopic (exact) mass is 283 g/mol. The molecule has 1 aliphatic carbocycles. The van der Waals surface area contributed by atoms with Crippen LogP contribution in [0, 0.1) is 0 Å². The van der Waals surface area contributed by atoms with Gasteiger partial charge >= 0.3 is 0 Å². The van der Waals surface area contributed by atoms with E-state index in [1.807, 2.05) is 29.2 Å². The van der Waals surface area contributed by atoms with Crippen molar-refractivity contribution in [3.05, 3.63) is 36.8 Å². The fraction of sp³-hybridized carbons (Fsp3) is 0.500. The van der Waals surface area contributed by atoms with Gasteiger partial charge in [0.2, 0.25) is 0 Å². The van der Waals surface area contributed by atoms with Crippen LogP contribution in [0.2, 0.25) is 0 Å². The van der Waals surface area contributed by atoms with E-state index in [1.165, 1.54) is 19.3 Å². The summed E-state index contributed by atoms with van der Waals surface area (Å²) in [7, 11) is 0. The van der Waals surface area contributed by atoms with E-state index in [9.17, 15) is 0 Å². The van der Waals surface area contributed by atoms with Crippen LogP contribution in [0.5, 0.6) is 0 Å². The Bertz CT molecular complexity index is 605. The van der Waals surface area contributed by atoms with Gasteiger partial charge in [-0.25, -0.2) is 9.67 Å². The molecule has 2 aromatic heterocycles. The van der Waals surface area contributed by atoms with Crippen molar-refractivity contribution in [3.63, 3.8) is 0 Å². The van der Waals surface area contributed by atoms with Crippen LogP contribution < -0.4 is 5.32 Å². The minimum Gasteiger partial charge on any atom is -0.378 e. The molecule has 5 heteroatoms. The van der Waals surface area contributed by atoms with Gasteiger partial charge < -0.3 is 5.32 Å². The van der Waals surface area contributed by atoms with Crippen molar-refractivity contribution in [3.8, 4) is 5.82 Å². The van der Waals surface area contributed by atoms with Crippen LogP contribution >= 0.6 is 0 Å². The van der Waals surface area contributed by atoms with Crippen LogP contribution in [0.15, 0.2) is 36.8 Å². The summed E-state index contributed by atoms with van der Waals surface area (Å²) in [6.45, 7) is 3.48. The Morgan fingerprint density at radius 1 is 1.24 bits per heavy atom. The first-order valence-corrected chi connectivity index (χ1v) is 7.78. The summed E-state index contributed by atoms with van der Waals surface area (Å²) in [5.41, 5.74) is 1.07. The lowest BCUT2D eigenvalue weighted by Gasteiger charge is -2.20. The Morgan fingerprint density at radius 2 is 2.14 bits per heavy atom. The second-order valence-electron chi connectivity index (χ2n) is 6.18. The topological polar surface area (TPSA) is 46.0 Å². The van der Waals surface area contributed by atoms with Crippen molar-refractivity contribution < 1.29 is 0 Å². The van der Waals surface area contributed by atoms with Gasteiger partial charge in [0.1, 0.15) is 0 Å². The molecule has 0 amide bonds. The van der Waals surface area contributed by atoms with Gasteiger partial charge in [-0.15, -0.1) is 0 Å². The van der Waals surface area contributed by atoms with E-state index in [2.05, 4.69) is 33.3 Å². The average molecular weight is 283 g/mol. The molecule has 2 atom stereocenters. The zero-order valence-corrected chi connectivity index (χ0v) is 12.3. The van der Waals surface area contributed by atoms with Gasteiger partial charge in [0, 0.05) is 43.3 Å². The molecule has 1 N–H and O–H groups in total. The molecule has 4 rings (SSSR count). The van der Waals surface area contributed by atoms with Crippen molar-refractivity contribution in [2.75, 3.05) is 11.9 Å². The van der Waals surface area contributed by atoms with Gasteiger partial charge in [-0.3, -0.25) is 4.90 Å². The maximum atomic E-state index is 4.47. The van der Waals surface area contributed by atoms with E-state index in [1.54, 1.807) is 6.20 Å². The molecule has 0 bridgehead atoms. The van der Waals surface area contributed by atoms with Crippen LogP contribution in [0.4, 0.5) is 5.69 Å². The Balaban J connectivity index is 1.53. The van der Waals surface area contributed by atoms with Crippen LogP contribution in [-0.4, -0.2) is 44.3 Å². The zero-order chi connectivity index (χ0) is 14.2. The lowest BCUT2D eigenvalue weighted by atomic mass is 10.2. The number of nitrogens with one attached hydrogen (secondary N) is 1. The smallest absolute Gasteiger partial charge is 0.176 e. The molecule has 110 valence electrons. The number of likely N-dealkylation sites (tertiary alicyclic amines) is 1. The van der Waals surface area contributed by atoms with E-state index < -0.39 is 0 Å². The minimum absolute atomic E-state index is 0.499. The molecule has 2 aliphatic rings. The summed E-state index contributed by atoms with van der Waals surface area (Å²) in [5.74, 6) is 0.875. The second-order valence-corrected chi connectivity index (χ2v) is 6.18. The highest BCUT2D eigenvalue weighted by Gasteiger charge is 2.38. The van der Waals surface area contributed by atoms with Gasteiger partial charge in [0.05, 0.1) is 5.69 Å². The average Bonchev–Trinajstić information content (AvgIpc) is 3.05. The molecule has 2 unspecified atom stereocenters. The van der Waals surface area contributed by atoms with Gasteiger partial charge in [0.25, 0.3) is 0 Å². The van der Waals surface area contributed by atoms with Gasteiger partial charge in [0.15, 0.2) is 5.82 Å². The molecule has 1 saturated carbocycles. The summed E-state index contributed by atoms with van der Waals surface area (Å²) in [6.07, 6.45) is 9.48. The largest absolute Gasteiger partial charge is 0.378 e. The second kappa shape index (κ2) is 5.15. The Hall–Kier alpha value is -1.88. The maximum absolute atomic E-state index is 4.47. The van der Waals surface area contributed by atoms with Crippen molar-refractivity contribution in [2.45, 2.75) is 44.3 Å². The van der Waals surface area contributed by atoms with Crippen molar-refractivity contribution >= 4 is 5.69 Å². The SMILES string of the molecule is CC1CC(Nc2cccnc2-n2cccn2)CN1C1CC1. The summed E-state index contributed by atoms with van der Waals surface area (Å²) in [4.78, 5) is 7.13. The van der Waals surface area contributed by atoms with E-state index in [0.717, 1.165) is 24.1 Å². The molecular weight excluding hydrogens is 262 g/mol. The summed E-state index contributed by atoms with van der Waals surface area (Å²) in [5, 5.41) is 7.97. The number of pyridine rings is 1. The molecule has 2 fully saturated rings. The summed E-state index contributed by atoms with van der Waals surface area (Å²) in [6, 6.07) is 8.01. The fourth-order valence-electron chi connectivity index (χ4n) is 3.38. The molecule has 1 saturated heterocycles. The first-order chi connectivity index (χ1) is 10.3. The lowest BCUT2D eigenvalue weighted by molar-refractivity contribution is 0.257. The molecule has 5 nitrogen and oxygen atoms in total. The predicted molar refractivity (Wildman–Crippen MR) is 82.6 cm³/mol. The van der Waals surface area contributed by atoms with Crippen molar-refractivity contribution in [1.29, 1.82) is 0 Å². The van der Waals surface area contributed by atoms with Crippen LogP contribution in [0.25, 0.3) is 5.82 Å². The predicted octanol–water partition coefficient (Wildman–Crippen LogP) is 2.30. The highest BCUT2D eigenvalue weighted by Crippen LogP contribution is 2.34. The first kappa shape index (κ1) is 12.8. The third-order valence-corrected chi connectivity index (χ3v) is 4.51. The number of rotatable bonds is 4. The first-order valence-electron chi connectivity index (χ1n) is 7.78. The lowest BCUT2D eigenvalue weighted by Crippen LogP contribution is -2.31. The number of anilines is 1. The molecule has 2 aromatic rings. The maximum Gasteiger partial charge on any atom is 0.176 e. The Labute approximate surface area is 125 Å². The number of hydrogen-bond acceptors (Lipinski definition) is 4. The Kier molecular flexibility index (Phi) is 3.15. The number of nitrogens with zero attached hydrogens (tertiary/aromatic N) is 4. The van der Waals surface area contributed by atoms with E-state index >= 15 is 0 Å². The number of aromatic nitrogens is 3. The molecule has 3 heterocycles. The van der Waals surface area contributed by atoms with Gasteiger partial charge in [-0.1, -0.05) is 0 Å². The molecule has 0 aromatic carbocycles. The van der Waals surface area contributed by atoms with Crippen LogP contribution in [0.3, 0.4) is 0 Å². The minimum atomic E-state index is 0.499. The van der Waals surface area contributed by atoms with Gasteiger partial charge in [-0.2, -0.15) is 5.10 Å². The Morgan fingerprint density at radius 3 is 2.90 bits per heavy atom. The van der Waals surface area contributed by atoms with Gasteiger partial charge in [-0.05, 0) is 44.4 Å². The molecule has 0 spiro atoms. The molecule has 0 radical (unpaired) electrons. The van der Waals surface area contributed by atoms with Crippen molar-refractivity contribution in [2.24, 2.45) is 0 Å². The third kappa shape index (κ3) is 2.53. The zero-order valence-electron chi connectivity index (χ0n) is 12.3. The highest BCUT2D eigenvalue weighted by molar-refractivity contribution is 5.57. The molecule has 21 heavy (non-hydrogen) atoms. The van der Waals surface area contributed by atoms with E-state index in [0.29, 0.717) is 12.1 Å².